The van der Waals surface area contributed by atoms with Gasteiger partial charge in [0.2, 0.25) is 0 Å². The smallest absolute Gasteiger partial charge is 0.178 e. The minimum Gasteiger partial charge on any atom is -0.457 e. The molecule has 3 aliphatic rings. The Hall–Kier alpha value is -4.38. The van der Waals surface area contributed by atoms with Crippen LogP contribution in [0.25, 0.3) is 0 Å². The number of sulfone groups is 3. The molecule has 0 amide bonds. The van der Waals surface area contributed by atoms with Crippen LogP contribution in [0, 0.1) is 17.8 Å². The molecule has 9 nitrogen and oxygen atoms in total. The lowest BCUT2D eigenvalue weighted by atomic mass is 10.1. The first kappa shape index (κ1) is 52.4. The summed E-state index contributed by atoms with van der Waals surface area (Å²) in [5.74, 6) is 5.08. The topological polar surface area (TPSA) is 130 Å². The molecular weight excluding hydrogens is 985 g/mol. The Morgan fingerprint density at radius 2 is 0.536 bits per heavy atom. The van der Waals surface area contributed by atoms with E-state index in [2.05, 4.69) is 37.9 Å². The van der Waals surface area contributed by atoms with Gasteiger partial charge in [0.25, 0.3) is 0 Å². The van der Waals surface area contributed by atoms with E-state index >= 15 is 0 Å². The second-order valence-electron chi connectivity index (χ2n) is 17.8. The fourth-order valence-electron chi connectivity index (χ4n) is 8.79. The van der Waals surface area contributed by atoms with E-state index in [0.717, 1.165) is 75.0 Å². The quantitative estimate of drug-likeness (QED) is 0.0861. The highest BCUT2D eigenvalue weighted by Crippen LogP contribution is 2.36. The molecule has 0 spiro atoms. The Balaban J connectivity index is 0.000000153. The zero-order chi connectivity index (χ0) is 48.9. The van der Waals surface area contributed by atoms with Crippen molar-refractivity contribution in [3.05, 3.63) is 164 Å². The fourth-order valence-corrected chi connectivity index (χ4v) is 15.6. The van der Waals surface area contributed by atoms with Gasteiger partial charge in [0.05, 0.1) is 31.9 Å². The van der Waals surface area contributed by atoms with Crippen LogP contribution in [0.3, 0.4) is 0 Å². The number of ether oxygens (including phenoxy) is 3. The van der Waals surface area contributed by atoms with Crippen molar-refractivity contribution in [1.29, 1.82) is 0 Å². The van der Waals surface area contributed by atoms with Gasteiger partial charge < -0.3 is 14.2 Å². The predicted molar refractivity (Wildman–Crippen MR) is 285 cm³/mol. The van der Waals surface area contributed by atoms with Crippen molar-refractivity contribution in [3.8, 4) is 34.5 Å². The number of rotatable bonds is 15. The molecule has 6 atom stereocenters. The van der Waals surface area contributed by atoms with Gasteiger partial charge in [0.1, 0.15) is 34.5 Å². The first-order valence-electron chi connectivity index (χ1n) is 23.3. The second-order valence-corrected chi connectivity index (χ2v) is 25.9. The maximum absolute atomic E-state index is 12.5. The third-order valence-corrected chi connectivity index (χ3v) is 20.3. The summed E-state index contributed by atoms with van der Waals surface area (Å²) in [7, 11) is -9.81. The lowest BCUT2D eigenvalue weighted by Crippen LogP contribution is -2.20. The highest BCUT2D eigenvalue weighted by molar-refractivity contribution is 7.92. The number of thiol groups is 3. The lowest BCUT2D eigenvalue weighted by Gasteiger charge is -2.15. The molecule has 69 heavy (non-hydrogen) atoms. The standard InChI is InChI=1S/3C18H20O3S2/c3*19-23(20,13-14-5-4-8-18(14)22)17-11-9-16(10-12-17)21-15-6-2-1-3-7-15/h3*1-3,6-7,9-12,14,18,22H,4-5,8,13H2/t3*14-,18+/m110/s1. The maximum Gasteiger partial charge on any atom is 0.178 e. The van der Waals surface area contributed by atoms with E-state index in [9.17, 15) is 25.3 Å². The molecule has 3 fully saturated rings. The molecule has 366 valence electrons. The summed E-state index contributed by atoms with van der Waals surface area (Å²) in [4.78, 5) is 1.06. The van der Waals surface area contributed by atoms with E-state index in [4.69, 9.17) is 14.2 Å². The molecule has 0 heterocycles. The molecule has 0 aromatic heterocycles. The average Bonchev–Trinajstić information content (AvgIpc) is 4.07. The van der Waals surface area contributed by atoms with Crippen molar-refractivity contribution in [2.24, 2.45) is 17.8 Å². The SMILES string of the molecule is O=S(=O)(C[C@@H]1CCC[C@H]1S)c1ccc(Oc2ccccc2)cc1.O=S(=O)(C[C@H]1CCC[C@@H]1S)c1ccc(Oc2ccccc2)cc1.O=S(=O)(C[C@H]1CCC[C@@H]1S)c1ccc(Oc2ccccc2)cc1. The van der Waals surface area contributed by atoms with Gasteiger partial charge >= 0.3 is 0 Å². The number of para-hydroxylation sites is 3. The first-order valence-corrected chi connectivity index (χ1v) is 29.9. The highest BCUT2D eigenvalue weighted by atomic mass is 32.2. The molecule has 15 heteroatoms. The summed E-state index contributed by atoms with van der Waals surface area (Å²) in [6.45, 7) is 0. The molecule has 0 saturated heterocycles. The van der Waals surface area contributed by atoms with Crippen LogP contribution in [0.1, 0.15) is 57.8 Å². The fraction of sp³-hybridized carbons (Fsp3) is 0.333. The zero-order valence-corrected chi connectivity index (χ0v) is 43.4. The Bertz CT molecular complexity index is 2530. The monoisotopic (exact) mass is 1040 g/mol. The largest absolute Gasteiger partial charge is 0.457 e. The molecule has 6 aromatic carbocycles. The number of hydrogen-bond acceptors (Lipinski definition) is 12. The zero-order valence-electron chi connectivity index (χ0n) is 38.3. The second kappa shape index (κ2) is 24.6. The van der Waals surface area contributed by atoms with Gasteiger partial charge in [-0.15, -0.1) is 0 Å². The third-order valence-electron chi connectivity index (χ3n) is 12.6. The van der Waals surface area contributed by atoms with Crippen LogP contribution in [0.15, 0.2) is 178 Å². The van der Waals surface area contributed by atoms with E-state index in [1.54, 1.807) is 72.8 Å². The Morgan fingerprint density at radius 3 is 0.739 bits per heavy atom. The molecule has 0 aliphatic heterocycles. The first-order chi connectivity index (χ1) is 33.1. The van der Waals surface area contributed by atoms with E-state index in [1.807, 2.05) is 91.0 Å². The summed E-state index contributed by atoms with van der Waals surface area (Å²) in [6.07, 6.45) is 9.07. The van der Waals surface area contributed by atoms with E-state index in [-0.39, 0.29) is 50.8 Å². The number of hydrogen-bond donors (Lipinski definition) is 3. The van der Waals surface area contributed by atoms with Crippen LogP contribution in [0.2, 0.25) is 0 Å². The van der Waals surface area contributed by atoms with Gasteiger partial charge in [-0.3, -0.25) is 0 Å². The highest BCUT2D eigenvalue weighted by Gasteiger charge is 2.32. The summed E-state index contributed by atoms with van der Waals surface area (Å²) < 4.78 is 92.2. The summed E-state index contributed by atoms with van der Waals surface area (Å²) in [5, 5.41) is 0.599. The van der Waals surface area contributed by atoms with E-state index in [1.165, 1.54) is 0 Å². The lowest BCUT2D eigenvalue weighted by molar-refractivity contribution is 0.482. The van der Waals surface area contributed by atoms with Crippen molar-refractivity contribution in [3.63, 3.8) is 0 Å². The van der Waals surface area contributed by atoms with Crippen LogP contribution >= 0.6 is 37.9 Å². The van der Waals surface area contributed by atoms with E-state index < -0.39 is 29.5 Å². The molecule has 0 bridgehead atoms. The summed E-state index contributed by atoms with van der Waals surface area (Å²) >= 11 is 13.5. The van der Waals surface area contributed by atoms with Crippen LogP contribution in [0.4, 0.5) is 0 Å². The molecule has 3 saturated carbocycles. The van der Waals surface area contributed by atoms with Crippen molar-refractivity contribution in [2.45, 2.75) is 88.2 Å². The van der Waals surface area contributed by atoms with Crippen LogP contribution in [-0.4, -0.2) is 58.3 Å². The van der Waals surface area contributed by atoms with E-state index in [0.29, 0.717) is 31.9 Å². The van der Waals surface area contributed by atoms with Crippen LogP contribution < -0.4 is 14.2 Å². The molecule has 9 rings (SSSR count). The molecule has 0 unspecified atom stereocenters. The third kappa shape index (κ3) is 15.6. The van der Waals surface area contributed by atoms with Gasteiger partial charge in [-0.1, -0.05) is 73.9 Å². The van der Waals surface area contributed by atoms with Gasteiger partial charge in [-0.2, -0.15) is 37.9 Å². The summed E-state index contributed by atoms with van der Waals surface area (Å²) in [5.41, 5.74) is 0. The molecular formula is C54H60O9S6. The average molecular weight is 1050 g/mol. The molecule has 0 N–H and O–H groups in total. The van der Waals surface area contributed by atoms with Crippen LogP contribution in [-0.2, 0) is 29.5 Å². The van der Waals surface area contributed by atoms with Gasteiger partial charge in [0, 0.05) is 15.7 Å². The summed E-state index contributed by atoms with van der Waals surface area (Å²) in [6, 6.07) is 48.2. The van der Waals surface area contributed by atoms with Crippen molar-refractivity contribution >= 4 is 67.4 Å². The van der Waals surface area contributed by atoms with Crippen molar-refractivity contribution in [2.75, 3.05) is 17.3 Å². The number of benzene rings is 6. The van der Waals surface area contributed by atoms with Crippen molar-refractivity contribution < 1.29 is 39.5 Å². The Labute approximate surface area is 425 Å². The van der Waals surface area contributed by atoms with Gasteiger partial charge in [-0.25, -0.2) is 25.3 Å². The normalized spacial score (nSPS) is 21.3. The molecule has 6 aromatic rings. The minimum absolute atomic E-state index is 0.156. The molecule has 0 radical (unpaired) electrons. The van der Waals surface area contributed by atoms with Gasteiger partial charge in [-0.05, 0) is 165 Å². The van der Waals surface area contributed by atoms with Gasteiger partial charge in [0.15, 0.2) is 29.5 Å². The van der Waals surface area contributed by atoms with Crippen molar-refractivity contribution in [1.82, 2.24) is 0 Å². The Kier molecular flexibility index (Phi) is 18.7. The minimum atomic E-state index is -3.27. The van der Waals surface area contributed by atoms with Crippen LogP contribution in [0.5, 0.6) is 34.5 Å². The maximum atomic E-state index is 12.5. The predicted octanol–water partition coefficient (Wildman–Crippen LogP) is 13.1. The Morgan fingerprint density at radius 1 is 0.319 bits per heavy atom. The molecule has 3 aliphatic carbocycles.